The van der Waals surface area contributed by atoms with Gasteiger partial charge in [-0.05, 0) is 68.8 Å². The third-order valence-electron chi connectivity index (χ3n) is 5.14. The molecule has 0 aliphatic rings. The molecule has 0 saturated carbocycles. The number of benzene rings is 2. The van der Waals surface area contributed by atoms with Gasteiger partial charge in [0.25, 0.3) is 0 Å². The van der Waals surface area contributed by atoms with Crippen LogP contribution < -0.4 is 9.64 Å². The van der Waals surface area contributed by atoms with Gasteiger partial charge in [0, 0.05) is 25.0 Å². The van der Waals surface area contributed by atoms with Crippen molar-refractivity contribution in [1.29, 1.82) is 5.26 Å². The van der Waals surface area contributed by atoms with Gasteiger partial charge >= 0.3 is 0 Å². The summed E-state index contributed by atoms with van der Waals surface area (Å²) in [6.07, 6.45) is 2.10. The van der Waals surface area contributed by atoms with E-state index in [0.29, 0.717) is 31.9 Å². The molecule has 0 fully saturated rings. The minimum Gasteiger partial charge on any atom is -0.494 e. The number of hydrogen-bond donors (Lipinski definition) is 0. The van der Waals surface area contributed by atoms with Crippen LogP contribution >= 0.6 is 0 Å². The average Bonchev–Trinajstić information content (AvgIpc) is 2.73. The molecule has 0 radical (unpaired) electrons. The Morgan fingerprint density at radius 2 is 1.84 bits per heavy atom. The van der Waals surface area contributed by atoms with Gasteiger partial charge in [0.15, 0.2) is 9.84 Å². The maximum atomic E-state index is 12.9. The Kier molecular flexibility index (Phi) is 9.24. The van der Waals surface area contributed by atoms with Gasteiger partial charge < -0.3 is 9.64 Å². The fourth-order valence-corrected chi connectivity index (χ4v) is 3.82. The van der Waals surface area contributed by atoms with E-state index in [1.165, 1.54) is 12.1 Å². The van der Waals surface area contributed by atoms with Crippen LogP contribution in [0, 0.1) is 25.2 Å². The Morgan fingerprint density at radius 1 is 1.09 bits per heavy atom. The molecule has 0 aliphatic carbocycles. The number of nitrogens with zero attached hydrogens (tertiary/aromatic N) is 3. The van der Waals surface area contributed by atoms with Gasteiger partial charge in [-0.1, -0.05) is 12.1 Å². The number of sulfone groups is 1. The van der Waals surface area contributed by atoms with Crippen LogP contribution in [-0.4, -0.2) is 58.8 Å². The summed E-state index contributed by atoms with van der Waals surface area (Å²) in [7, 11) is -1.41. The SMILES string of the molecule is Cc1ccc(N(CCC#N)C(=O)CN(C)CCCOc2cccc(S(C)(=O)=O)c2)cc1C. The third-order valence-corrected chi connectivity index (χ3v) is 6.25. The summed E-state index contributed by atoms with van der Waals surface area (Å²) in [5.74, 6) is 0.442. The molecule has 2 aromatic carbocycles. The quantitative estimate of drug-likeness (QED) is 0.481. The second kappa shape index (κ2) is 11.7. The Labute approximate surface area is 191 Å². The molecule has 7 nitrogen and oxygen atoms in total. The van der Waals surface area contributed by atoms with Crippen molar-refractivity contribution < 1.29 is 17.9 Å². The van der Waals surface area contributed by atoms with Crippen molar-refractivity contribution in [2.24, 2.45) is 0 Å². The molecule has 0 spiro atoms. The van der Waals surface area contributed by atoms with Crippen LogP contribution in [-0.2, 0) is 14.6 Å². The number of carbonyl (C=O) groups is 1. The number of likely N-dealkylation sites (N-methyl/N-ethyl adjacent to an activating group) is 1. The Balaban J connectivity index is 1.88. The first-order chi connectivity index (χ1) is 15.1. The van der Waals surface area contributed by atoms with Gasteiger partial charge in [-0.2, -0.15) is 5.26 Å². The molecule has 0 saturated heterocycles. The smallest absolute Gasteiger partial charge is 0.241 e. The topological polar surface area (TPSA) is 90.7 Å². The molecule has 0 atom stereocenters. The van der Waals surface area contributed by atoms with Crippen LogP contribution in [0.4, 0.5) is 5.69 Å². The van der Waals surface area contributed by atoms with Crippen molar-refractivity contribution in [2.45, 2.75) is 31.6 Å². The van der Waals surface area contributed by atoms with Crippen LogP contribution in [0.1, 0.15) is 24.0 Å². The van der Waals surface area contributed by atoms with Crippen LogP contribution in [0.3, 0.4) is 0 Å². The summed E-state index contributed by atoms with van der Waals surface area (Å²) < 4.78 is 29.0. The van der Waals surface area contributed by atoms with E-state index in [0.717, 1.165) is 23.1 Å². The minimum atomic E-state index is -3.28. The second-order valence-corrected chi connectivity index (χ2v) is 9.92. The number of rotatable bonds is 11. The molecule has 0 N–H and O–H groups in total. The maximum absolute atomic E-state index is 12.9. The first-order valence-electron chi connectivity index (χ1n) is 10.5. The highest BCUT2D eigenvalue weighted by atomic mass is 32.2. The average molecular weight is 458 g/mol. The van der Waals surface area contributed by atoms with Gasteiger partial charge in [0.05, 0.1) is 30.5 Å². The normalized spacial score (nSPS) is 11.2. The van der Waals surface area contributed by atoms with E-state index in [-0.39, 0.29) is 23.8 Å². The molecule has 172 valence electrons. The number of amides is 1. The Morgan fingerprint density at radius 3 is 2.50 bits per heavy atom. The fourth-order valence-electron chi connectivity index (χ4n) is 3.17. The van der Waals surface area contributed by atoms with E-state index in [9.17, 15) is 13.2 Å². The van der Waals surface area contributed by atoms with Crippen LogP contribution in [0.2, 0.25) is 0 Å². The fraction of sp³-hybridized carbons (Fsp3) is 0.417. The van der Waals surface area contributed by atoms with Crippen molar-refractivity contribution in [1.82, 2.24) is 4.90 Å². The van der Waals surface area contributed by atoms with Gasteiger partial charge in [0.2, 0.25) is 5.91 Å². The first kappa shape index (κ1) is 25.4. The van der Waals surface area contributed by atoms with Gasteiger partial charge in [-0.15, -0.1) is 0 Å². The van der Waals surface area contributed by atoms with E-state index in [4.69, 9.17) is 10.00 Å². The van der Waals surface area contributed by atoms with Crippen molar-refractivity contribution in [3.05, 3.63) is 53.6 Å². The van der Waals surface area contributed by atoms with Crippen molar-refractivity contribution in [3.8, 4) is 11.8 Å². The monoisotopic (exact) mass is 457 g/mol. The first-order valence-corrected chi connectivity index (χ1v) is 12.4. The van der Waals surface area contributed by atoms with Crippen LogP contribution in [0.15, 0.2) is 47.4 Å². The Hall–Kier alpha value is -2.89. The molecule has 0 aromatic heterocycles. The molecule has 2 aromatic rings. The predicted octanol–water partition coefficient (Wildman–Crippen LogP) is 3.35. The summed E-state index contributed by atoms with van der Waals surface area (Å²) in [5, 5.41) is 8.98. The van der Waals surface area contributed by atoms with Crippen molar-refractivity contribution in [3.63, 3.8) is 0 Å². The van der Waals surface area contributed by atoms with Crippen LogP contribution in [0.25, 0.3) is 0 Å². The van der Waals surface area contributed by atoms with Crippen molar-refractivity contribution in [2.75, 3.05) is 44.4 Å². The number of aryl methyl sites for hydroxylation is 2. The van der Waals surface area contributed by atoms with Gasteiger partial charge in [-0.3, -0.25) is 9.69 Å². The highest BCUT2D eigenvalue weighted by Gasteiger charge is 2.18. The summed E-state index contributed by atoms with van der Waals surface area (Å²) in [6, 6.07) is 14.4. The minimum absolute atomic E-state index is 0.0622. The third kappa shape index (κ3) is 7.66. The standard InChI is InChI=1S/C24H31N3O4S/c1-19-10-11-21(16-20(19)2)27(14-6-12-25)24(28)18-26(3)13-7-15-31-22-8-5-9-23(17-22)32(4,29)30/h5,8-11,16-17H,6-7,13-15,18H2,1-4H3. The molecular formula is C24H31N3O4S. The lowest BCUT2D eigenvalue weighted by Crippen LogP contribution is -2.40. The summed E-state index contributed by atoms with van der Waals surface area (Å²) in [5.41, 5.74) is 3.05. The number of nitriles is 1. The Bertz CT molecular complexity index is 1080. The molecule has 0 heterocycles. The number of carbonyl (C=O) groups excluding carboxylic acids is 1. The van der Waals surface area contributed by atoms with Crippen LogP contribution in [0.5, 0.6) is 5.75 Å². The predicted molar refractivity (Wildman–Crippen MR) is 126 cm³/mol. The lowest BCUT2D eigenvalue weighted by atomic mass is 10.1. The van der Waals surface area contributed by atoms with E-state index < -0.39 is 9.84 Å². The molecule has 0 unspecified atom stereocenters. The van der Waals surface area contributed by atoms with Gasteiger partial charge in [0.1, 0.15) is 5.75 Å². The lowest BCUT2D eigenvalue weighted by molar-refractivity contribution is -0.119. The molecule has 0 aliphatic heterocycles. The second-order valence-electron chi connectivity index (χ2n) is 7.91. The number of ether oxygens (including phenoxy) is 1. The zero-order chi connectivity index (χ0) is 23.7. The molecular weight excluding hydrogens is 426 g/mol. The van der Waals surface area contributed by atoms with E-state index in [2.05, 4.69) is 6.07 Å². The largest absolute Gasteiger partial charge is 0.494 e. The zero-order valence-electron chi connectivity index (χ0n) is 19.2. The summed E-state index contributed by atoms with van der Waals surface area (Å²) >= 11 is 0. The van der Waals surface area contributed by atoms with Gasteiger partial charge in [-0.25, -0.2) is 8.42 Å². The molecule has 8 heteroatoms. The lowest BCUT2D eigenvalue weighted by Gasteiger charge is -2.25. The number of anilines is 1. The molecule has 1 amide bonds. The summed E-state index contributed by atoms with van der Waals surface area (Å²) in [4.78, 5) is 16.7. The molecule has 2 rings (SSSR count). The molecule has 32 heavy (non-hydrogen) atoms. The summed E-state index contributed by atoms with van der Waals surface area (Å²) in [6.45, 7) is 5.64. The highest BCUT2D eigenvalue weighted by molar-refractivity contribution is 7.90. The van der Waals surface area contributed by atoms with E-state index >= 15 is 0 Å². The maximum Gasteiger partial charge on any atom is 0.241 e. The molecule has 0 bridgehead atoms. The van der Waals surface area contributed by atoms with E-state index in [1.54, 1.807) is 17.0 Å². The van der Waals surface area contributed by atoms with E-state index in [1.807, 2.05) is 44.0 Å². The highest BCUT2D eigenvalue weighted by Crippen LogP contribution is 2.20. The number of hydrogen-bond acceptors (Lipinski definition) is 6. The zero-order valence-corrected chi connectivity index (χ0v) is 20.0. The van der Waals surface area contributed by atoms with Crippen molar-refractivity contribution >= 4 is 21.4 Å².